The number of rotatable bonds is 19. The number of carbonyl (C=O) groups is 4. The molecule has 0 unspecified atom stereocenters. The van der Waals surface area contributed by atoms with Crippen molar-refractivity contribution < 1.29 is 47.6 Å². The highest BCUT2D eigenvalue weighted by atomic mass is 16.6. The molecule has 3 aromatic carbocycles. The van der Waals surface area contributed by atoms with Crippen molar-refractivity contribution in [2.24, 2.45) is 0 Å². The van der Waals surface area contributed by atoms with E-state index in [-0.39, 0.29) is 23.7 Å². The first-order valence-corrected chi connectivity index (χ1v) is 15.0. The Morgan fingerprint density at radius 1 is 0.652 bits per heavy atom. The lowest BCUT2D eigenvalue weighted by molar-refractivity contribution is -0.138. The monoisotopic (exact) mass is 630 g/mol. The summed E-state index contributed by atoms with van der Waals surface area (Å²) in [6.45, 7) is 9.70. The summed E-state index contributed by atoms with van der Waals surface area (Å²) in [5.74, 6) is -0.303. The maximum absolute atomic E-state index is 12.8. The summed E-state index contributed by atoms with van der Waals surface area (Å²) in [6.07, 6.45) is 6.23. The molecule has 0 heterocycles. The van der Waals surface area contributed by atoms with E-state index in [1.54, 1.807) is 55.5 Å². The lowest BCUT2D eigenvalue weighted by Gasteiger charge is -2.13. The summed E-state index contributed by atoms with van der Waals surface area (Å²) in [6, 6.07) is 17.9. The first-order chi connectivity index (χ1) is 22.3. The summed E-state index contributed by atoms with van der Waals surface area (Å²) in [7, 11) is 0. The standard InChI is InChI=1S/C36H38O10/c1-4-33(37)43-24-10-8-7-9-23-42-28-18-14-27(15-19-28)36(40)46-31-21-20-30(25-32(31)41-6-3)45-35(39)22-13-26-11-16-29(17-12-26)44-34(38)5-2/h4-5,11-12,14-21,25H,1-2,6-10,13,22-24H2,3H3. The number of hydrogen-bond acceptors (Lipinski definition) is 10. The second kappa shape index (κ2) is 19.1. The van der Waals surface area contributed by atoms with Gasteiger partial charge in [-0.15, -0.1) is 0 Å². The predicted octanol–water partition coefficient (Wildman–Crippen LogP) is 6.60. The highest BCUT2D eigenvalue weighted by Crippen LogP contribution is 2.33. The third-order valence-corrected chi connectivity index (χ3v) is 6.38. The topological polar surface area (TPSA) is 124 Å². The van der Waals surface area contributed by atoms with E-state index in [0.717, 1.165) is 43.4 Å². The Kier molecular flexibility index (Phi) is 14.6. The quantitative estimate of drug-likeness (QED) is 0.0619. The number of benzene rings is 3. The lowest BCUT2D eigenvalue weighted by Crippen LogP contribution is -2.11. The summed E-state index contributed by atoms with van der Waals surface area (Å²) in [5, 5.41) is 0. The van der Waals surface area contributed by atoms with E-state index >= 15 is 0 Å². The van der Waals surface area contributed by atoms with Crippen LogP contribution in [0.4, 0.5) is 0 Å². The van der Waals surface area contributed by atoms with Gasteiger partial charge in [0.25, 0.3) is 0 Å². The van der Waals surface area contributed by atoms with Crippen LogP contribution in [0.15, 0.2) is 92.0 Å². The van der Waals surface area contributed by atoms with Gasteiger partial charge in [0.2, 0.25) is 0 Å². The van der Waals surface area contributed by atoms with Crippen LogP contribution in [0.25, 0.3) is 0 Å². The Bertz CT molecular complexity index is 1480. The van der Waals surface area contributed by atoms with Gasteiger partial charge in [0.1, 0.15) is 17.2 Å². The number of ether oxygens (including phenoxy) is 6. The van der Waals surface area contributed by atoms with Crippen molar-refractivity contribution in [2.75, 3.05) is 19.8 Å². The number of esters is 4. The summed E-state index contributed by atoms with van der Waals surface area (Å²) in [5.41, 5.74) is 1.19. The Morgan fingerprint density at radius 3 is 1.98 bits per heavy atom. The molecule has 0 fully saturated rings. The van der Waals surface area contributed by atoms with Crippen LogP contribution in [-0.2, 0) is 25.5 Å². The fourth-order valence-electron chi connectivity index (χ4n) is 4.04. The van der Waals surface area contributed by atoms with E-state index in [1.807, 2.05) is 0 Å². The highest BCUT2D eigenvalue weighted by Gasteiger charge is 2.16. The molecule has 10 nitrogen and oxygen atoms in total. The van der Waals surface area contributed by atoms with Crippen LogP contribution in [0.1, 0.15) is 54.9 Å². The molecule has 0 spiro atoms. The Hall–Kier alpha value is -5.38. The number of unbranched alkanes of at least 4 members (excludes halogenated alkanes) is 3. The van der Waals surface area contributed by atoms with Crippen molar-refractivity contribution in [1.82, 2.24) is 0 Å². The molecule has 0 saturated carbocycles. The molecule has 0 aromatic heterocycles. The van der Waals surface area contributed by atoms with Gasteiger partial charge in [-0.25, -0.2) is 14.4 Å². The zero-order valence-corrected chi connectivity index (χ0v) is 25.9. The average molecular weight is 631 g/mol. The van der Waals surface area contributed by atoms with Crippen LogP contribution in [0.2, 0.25) is 0 Å². The smallest absolute Gasteiger partial charge is 0.343 e. The van der Waals surface area contributed by atoms with Gasteiger partial charge in [-0.2, -0.15) is 0 Å². The van der Waals surface area contributed by atoms with Gasteiger partial charge < -0.3 is 28.4 Å². The average Bonchev–Trinajstić information content (AvgIpc) is 3.06. The van der Waals surface area contributed by atoms with Crippen LogP contribution in [0.3, 0.4) is 0 Å². The molecule has 0 amide bonds. The predicted molar refractivity (Wildman–Crippen MR) is 170 cm³/mol. The third-order valence-electron chi connectivity index (χ3n) is 6.38. The van der Waals surface area contributed by atoms with E-state index in [9.17, 15) is 19.2 Å². The van der Waals surface area contributed by atoms with Crippen LogP contribution in [0, 0.1) is 0 Å². The highest BCUT2D eigenvalue weighted by molar-refractivity contribution is 5.91. The zero-order chi connectivity index (χ0) is 33.1. The molecule has 0 N–H and O–H groups in total. The number of carbonyl (C=O) groups excluding carboxylic acids is 4. The molecule has 46 heavy (non-hydrogen) atoms. The second-order valence-corrected chi connectivity index (χ2v) is 9.83. The van der Waals surface area contributed by atoms with E-state index in [0.29, 0.717) is 43.3 Å². The molecule has 242 valence electrons. The Morgan fingerprint density at radius 2 is 1.30 bits per heavy atom. The molecule has 3 rings (SSSR count). The van der Waals surface area contributed by atoms with Crippen molar-refractivity contribution in [1.29, 1.82) is 0 Å². The Balaban J connectivity index is 1.45. The molecular formula is C36H38O10. The SMILES string of the molecule is C=CC(=O)OCCCCCCOc1ccc(C(=O)Oc2ccc(OC(=O)CCc3ccc(OC(=O)C=C)cc3)cc2OCC)cc1. The maximum atomic E-state index is 12.8. The van der Waals surface area contributed by atoms with E-state index in [1.165, 1.54) is 18.2 Å². The molecule has 10 heteroatoms. The molecule has 3 aromatic rings. The molecular weight excluding hydrogens is 592 g/mol. The first-order valence-electron chi connectivity index (χ1n) is 15.0. The molecule has 0 aliphatic rings. The van der Waals surface area contributed by atoms with Crippen molar-refractivity contribution in [3.05, 3.63) is 103 Å². The fraction of sp³-hybridized carbons (Fsp3) is 0.278. The summed E-state index contributed by atoms with van der Waals surface area (Å²) < 4.78 is 32.4. The van der Waals surface area contributed by atoms with Crippen molar-refractivity contribution in [2.45, 2.75) is 45.4 Å². The molecule has 0 aliphatic carbocycles. The van der Waals surface area contributed by atoms with Gasteiger partial charge in [0.15, 0.2) is 11.5 Å². The van der Waals surface area contributed by atoms with Gasteiger partial charge in [0.05, 0.1) is 25.4 Å². The van der Waals surface area contributed by atoms with Crippen molar-refractivity contribution in [3.8, 4) is 28.7 Å². The summed E-state index contributed by atoms with van der Waals surface area (Å²) >= 11 is 0. The van der Waals surface area contributed by atoms with Crippen molar-refractivity contribution in [3.63, 3.8) is 0 Å². The minimum Gasteiger partial charge on any atom is -0.494 e. The molecule has 0 aliphatic heterocycles. The third kappa shape index (κ3) is 12.3. The van der Waals surface area contributed by atoms with E-state index in [4.69, 9.17) is 28.4 Å². The number of hydrogen-bond donors (Lipinski definition) is 0. The maximum Gasteiger partial charge on any atom is 0.343 e. The van der Waals surface area contributed by atoms with E-state index in [2.05, 4.69) is 13.2 Å². The van der Waals surface area contributed by atoms with Gasteiger partial charge >= 0.3 is 23.9 Å². The molecule has 0 radical (unpaired) electrons. The minimum atomic E-state index is -0.584. The van der Waals surface area contributed by atoms with Crippen LogP contribution in [-0.4, -0.2) is 43.7 Å². The van der Waals surface area contributed by atoms with Gasteiger partial charge in [-0.3, -0.25) is 4.79 Å². The zero-order valence-electron chi connectivity index (χ0n) is 25.9. The lowest BCUT2D eigenvalue weighted by atomic mass is 10.1. The van der Waals surface area contributed by atoms with Crippen LogP contribution >= 0.6 is 0 Å². The fourth-order valence-corrected chi connectivity index (χ4v) is 4.04. The van der Waals surface area contributed by atoms with Gasteiger partial charge in [-0.1, -0.05) is 25.3 Å². The summed E-state index contributed by atoms with van der Waals surface area (Å²) in [4.78, 5) is 47.6. The van der Waals surface area contributed by atoms with Crippen molar-refractivity contribution >= 4 is 23.9 Å². The van der Waals surface area contributed by atoms with Gasteiger partial charge in [0, 0.05) is 24.6 Å². The van der Waals surface area contributed by atoms with Gasteiger partial charge in [-0.05, 0) is 93.1 Å². The van der Waals surface area contributed by atoms with E-state index < -0.39 is 23.9 Å². The number of aryl methyl sites for hydroxylation is 1. The van der Waals surface area contributed by atoms with Crippen LogP contribution in [0.5, 0.6) is 28.7 Å². The molecule has 0 saturated heterocycles. The largest absolute Gasteiger partial charge is 0.494 e. The minimum absolute atomic E-state index is 0.112. The van der Waals surface area contributed by atoms with Crippen LogP contribution < -0.4 is 23.7 Å². The molecule has 0 atom stereocenters. The molecule has 0 bridgehead atoms. The second-order valence-electron chi connectivity index (χ2n) is 9.83. The first kappa shape index (κ1) is 35.1. The Labute approximate surface area is 268 Å². The normalized spacial score (nSPS) is 10.3.